The molecule has 0 radical (unpaired) electrons. The van der Waals surface area contributed by atoms with E-state index >= 15 is 0 Å². The van der Waals surface area contributed by atoms with Crippen LogP contribution in [0.3, 0.4) is 0 Å². The topological polar surface area (TPSA) is 89.0 Å². The molecule has 7 nitrogen and oxygen atoms in total. The van der Waals surface area contributed by atoms with Gasteiger partial charge in [0.1, 0.15) is 11.6 Å². The summed E-state index contributed by atoms with van der Waals surface area (Å²) in [6.07, 6.45) is 3.45. The summed E-state index contributed by atoms with van der Waals surface area (Å²) in [4.78, 5) is 25.1. The second-order valence-electron chi connectivity index (χ2n) is 6.33. The van der Waals surface area contributed by atoms with Crippen LogP contribution in [-0.4, -0.2) is 27.5 Å². The van der Waals surface area contributed by atoms with Crippen molar-refractivity contribution >= 4 is 34.0 Å². The first-order valence-electron chi connectivity index (χ1n) is 8.77. The molecule has 28 heavy (non-hydrogen) atoms. The molecule has 0 saturated heterocycles. The molecule has 5 rings (SSSR count). The SMILES string of the molecule is O=C1COc2ccc(Nc3nc(-c4cccnc4)nc4ccccc34)cc2N1. The maximum atomic E-state index is 11.6. The molecule has 0 fully saturated rings. The van der Waals surface area contributed by atoms with Gasteiger partial charge in [0.2, 0.25) is 0 Å². The summed E-state index contributed by atoms with van der Waals surface area (Å²) >= 11 is 0. The fourth-order valence-corrected chi connectivity index (χ4v) is 3.09. The smallest absolute Gasteiger partial charge is 0.262 e. The van der Waals surface area contributed by atoms with Gasteiger partial charge in [-0.2, -0.15) is 0 Å². The molecule has 1 amide bonds. The van der Waals surface area contributed by atoms with E-state index in [0.29, 0.717) is 23.1 Å². The van der Waals surface area contributed by atoms with Crippen molar-refractivity contribution in [3.63, 3.8) is 0 Å². The second kappa shape index (κ2) is 6.62. The van der Waals surface area contributed by atoms with Gasteiger partial charge in [0.15, 0.2) is 12.4 Å². The number of pyridine rings is 1. The van der Waals surface area contributed by atoms with Gasteiger partial charge in [-0.25, -0.2) is 9.97 Å². The molecule has 2 N–H and O–H groups in total. The Balaban J connectivity index is 1.59. The Morgan fingerprint density at radius 3 is 2.86 bits per heavy atom. The largest absolute Gasteiger partial charge is 0.482 e. The summed E-state index contributed by atoms with van der Waals surface area (Å²) in [5.41, 5.74) is 3.08. The van der Waals surface area contributed by atoms with Crippen molar-refractivity contribution < 1.29 is 9.53 Å². The zero-order valence-electron chi connectivity index (χ0n) is 14.7. The molecule has 1 aliphatic heterocycles. The number of carbonyl (C=O) groups is 1. The van der Waals surface area contributed by atoms with Gasteiger partial charge in [0.05, 0.1) is 11.2 Å². The van der Waals surface area contributed by atoms with Gasteiger partial charge in [-0.3, -0.25) is 9.78 Å². The maximum Gasteiger partial charge on any atom is 0.262 e. The molecule has 0 spiro atoms. The van der Waals surface area contributed by atoms with Crippen LogP contribution < -0.4 is 15.4 Å². The summed E-state index contributed by atoms with van der Waals surface area (Å²) < 4.78 is 5.42. The van der Waals surface area contributed by atoms with Crippen molar-refractivity contribution in [2.75, 3.05) is 17.2 Å². The number of carbonyl (C=O) groups excluding carboxylic acids is 1. The van der Waals surface area contributed by atoms with E-state index < -0.39 is 0 Å². The third-order valence-electron chi connectivity index (χ3n) is 4.40. The number of benzene rings is 2. The van der Waals surface area contributed by atoms with E-state index in [1.165, 1.54) is 0 Å². The summed E-state index contributed by atoms with van der Waals surface area (Å²) in [6.45, 7) is 0.0325. The lowest BCUT2D eigenvalue weighted by Gasteiger charge is -2.19. The normalized spacial score (nSPS) is 12.8. The monoisotopic (exact) mass is 369 g/mol. The summed E-state index contributed by atoms with van der Waals surface area (Å²) in [5.74, 6) is 1.74. The molecule has 3 heterocycles. The van der Waals surface area contributed by atoms with Gasteiger partial charge in [0.25, 0.3) is 5.91 Å². The highest BCUT2D eigenvalue weighted by Crippen LogP contribution is 2.33. The Morgan fingerprint density at radius 2 is 1.96 bits per heavy atom. The van der Waals surface area contributed by atoms with Crippen molar-refractivity contribution in [3.05, 3.63) is 67.0 Å². The Hall–Kier alpha value is -4.00. The Morgan fingerprint density at radius 1 is 1.04 bits per heavy atom. The van der Waals surface area contributed by atoms with E-state index in [4.69, 9.17) is 9.72 Å². The lowest BCUT2D eigenvalue weighted by Crippen LogP contribution is -2.25. The molecule has 0 unspecified atom stereocenters. The van der Waals surface area contributed by atoms with Gasteiger partial charge >= 0.3 is 0 Å². The zero-order valence-corrected chi connectivity index (χ0v) is 14.7. The van der Waals surface area contributed by atoms with E-state index in [1.807, 2.05) is 54.6 Å². The average Bonchev–Trinajstić information content (AvgIpc) is 2.74. The van der Waals surface area contributed by atoms with Crippen molar-refractivity contribution in [1.82, 2.24) is 15.0 Å². The first-order valence-corrected chi connectivity index (χ1v) is 8.77. The summed E-state index contributed by atoms with van der Waals surface area (Å²) in [5, 5.41) is 7.06. The number of ether oxygens (including phenoxy) is 1. The van der Waals surface area contributed by atoms with Crippen molar-refractivity contribution in [1.29, 1.82) is 0 Å². The summed E-state index contributed by atoms with van der Waals surface area (Å²) in [7, 11) is 0. The zero-order chi connectivity index (χ0) is 18.9. The molecule has 0 bridgehead atoms. The minimum absolute atomic E-state index is 0.0325. The number of rotatable bonds is 3. The lowest BCUT2D eigenvalue weighted by atomic mass is 10.2. The van der Waals surface area contributed by atoms with Crippen LogP contribution in [0.1, 0.15) is 0 Å². The van der Waals surface area contributed by atoms with E-state index in [9.17, 15) is 4.79 Å². The van der Waals surface area contributed by atoms with Crippen LogP contribution in [0.4, 0.5) is 17.2 Å². The van der Waals surface area contributed by atoms with Crippen LogP contribution in [0.5, 0.6) is 5.75 Å². The van der Waals surface area contributed by atoms with Gasteiger partial charge in [0, 0.05) is 29.0 Å². The third kappa shape index (κ3) is 2.99. The number of anilines is 3. The van der Waals surface area contributed by atoms with Crippen molar-refractivity contribution in [3.8, 4) is 17.1 Å². The van der Waals surface area contributed by atoms with Crippen LogP contribution in [-0.2, 0) is 4.79 Å². The minimum atomic E-state index is -0.170. The Kier molecular flexibility index (Phi) is 3.83. The first kappa shape index (κ1) is 16.2. The van der Waals surface area contributed by atoms with Gasteiger partial charge in [-0.05, 0) is 42.5 Å². The molecule has 0 atom stereocenters. The van der Waals surface area contributed by atoms with Gasteiger partial charge in [-0.15, -0.1) is 0 Å². The van der Waals surface area contributed by atoms with Crippen LogP contribution in [0.15, 0.2) is 67.0 Å². The Labute approximate surface area is 160 Å². The molecule has 0 saturated carbocycles. The molecule has 2 aromatic heterocycles. The molecule has 0 aliphatic carbocycles. The van der Waals surface area contributed by atoms with Crippen LogP contribution in [0.25, 0.3) is 22.3 Å². The quantitative estimate of drug-likeness (QED) is 0.571. The van der Waals surface area contributed by atoms with E-state index in [0.717, 1.165) is 22.2 Å². The number of para-hydroxylation sites is 1. The number of nitrogens with one attached hydrogen (secondary N) is 2. The van der Waals surface area contributed by atoms with Crippen LogP contribution in [0, 0.1) is 0 Å². The predicted molar refractivity (Wildman–Crippen MR) is 107 cm³/mol. The predicted octanol–water partition coefficient (Wildman–Crippen LogP) is 3.77. The number of hydrogen-bond acceptors (Lipinski definition) is 6. The van der Waals surface area contributed by atoms with Gasteiger partial charge < -0.3 is 15.4 Å². The highest BCUT2D eigenvalue weighted by Gasteiger charge is 2.17. The number of nitrogens with zero attached hydrogens (tertiary/aromatic N) is 3. The first-order chi connectivity index (χ1) is 13.8. The second-order valence-corrected chi connectivity index (χ2v) is 6.33. The van der Waals surface area contributed by atoms with Crippen LogP contribution in [0.2, 0.25) is 0 Å². The fourth-order valence-electron chi connectivity index (χ4n) is 3.09. The van der Waals surface area contributed by atoms with Crippen molar-refractivity contribution in [2.45, 2.75) is 0 Å². The molecule has 2 aromatic carbocycles. The highest BCUT2D eigenvalue weighted by atomic mass is 16.5. The average molecular weight is 369 g/mol. The highest BCUT2D eigenvalue weighted by molar-refractivity contribution is 5.97. The fraction of sp³-hybridized carbons (Fsp3) is 0.0476. The van der Waals surface area contributed by atoms with Gasteiger partial charge in [-0.1, -0.05) is 12.1 Å². The maximum absolute atomic E-state index is 11.6. The Bertz CT molecular complexity index is 1190. The third-order valence-corrected chi connectivity index (χ3v) is 4.40. The van der Waals surface area contributed by atoms with E-state index in [-0.39, 0.29) is 12.5 Å². The molecule has 136 valence electrons. The number of aromatic nitrogens is 3. The molecule has 4 aromatic rings. The standard InChI is InChI=1S/C21H15N5O2/c27-19-12-28-18-8-7-14(10-17(18)24-19)23-21-15-5-1-2-6-16(15)25-20(26-21)13-4-3-9-22-11-13/h1-11H,12H2,(H,24,27)(H,23,25,26). The van der Waals surface area contributed by atoms with Crippen LogP contribution >= 0.6 is 0 Å². The molecular formula is C21H15N5O2. The lowest BCUT2D eigenvalue weighted by molar-refractivity contribution is -0.118. The van der Waals surface area contributed by atoms with Crippen molar-refractivity contribution in [2.24, 2.45) is 0 Å². The minimum Gasteiger partial charge on any atom is -0.482 e. The molecular weight excluding hydrogens is 354 g/mol. The summed E-state index contributed by atoms with van der Waals surface area (Å²) in [6, 6.07) is 17.1. The van der Waals surface area contributed by atoms with E-state index in [2.05, 4.69) is 20.6 Å². The number of hydrogen-bond donors (Lipinski definition) is 2. The van der Waals surface area contributed by atoms with E-state index in [1.54, 1.807) is 12.4 Å². The molecule has 7 heteroatoms. The number of fused-ring (bicyclic) bond motifs is 2. The number of amides is 1. The molecule has 1 aliphatic rings.